The largest absolute Gasteiger partial charge is 0.382 e. The van der Waals surface area contributed by atoms with Gasteiger partial charge in [0.05, 0.1) is 12.4 Å². The van der Waals surface area contributed by atoms with E-state index in [-0.39, 0.29) is 5.91 Å². The Bertz CT molecular complexity index is 392. The molecule has 1 heterocycles. The van der Waals surface area contributed by atoms with Gasteiger partial charge >= 0.3 is 0 Å². The van der Waals surface area contributed by atoms with Gasteiger partial charge in [0.25, 0.3) is 5.91 Å². The number of nitrogen functional groups attached to an aromatic ring is 1. The SMILES string of the molecule is CCC1(CNC(=O)c2cnc(N)cn2)CCC1. The number of rotatable bonds is 4. The van der Waals surface area contributed by atoms with E-state index in [0.717, 1.165) is 13.0 Å². The number of carbonyl (C=O) groups is 1. The first-order valence-electron chi connectivity index (χ1n) is 6.01. The van der Waals surface area contributed by atoms with Crippen LogP contribution in [0.3, 0.4) is 0 Å². The van der Waals surface area contributed by atoms with E-state index in [0.29, 0.717) is 16.9 Å². The quantitative estimate of drug-likeness (QED) is 0.824. The van der Waals surface area contributed by atoms with Crippen LogP contribution in [-0.4, -0.2) is 22.4 Å². The van der Waals surface area contributed by atoms with Gasteiger partial charge in [-0.1, -0.05) is 13.3 Å². The third-order valence-corrected chi connectivity index (χ3v) is 3.69. The van der Waals surface area contributed by atoms with Crippen LogP contribution in [0.25, 0.3) is 0 Å². The van der Waals surface area contributed by atoms with Crippen molar-refractivity contribution in [2.24, 2.45) is 5.41 Å². The molecule has 5 nitrogen and oxygen atoms in total. The topological polar surface area (TPSA) is 80.9 Å². The lowest BCUT2D eigenvalue weighted by molar-refractivity contribution is 0.0845. The number of nitrogens with zero attached hydrogens (tertiary/aromatic N) is 2. The number of nitrogens with two attached hydrogens (primary N) is 1. The Hall–Kier alpha value is -1.65. The minimum Gasteiger partial charge on any atom is -0.382 e. The number of carbonyl (C=O) groups excluding carboxylic acids is 1. The number of hydrogen-bond donors (Lipinski definition) is 2. The average Bonchev–Trinajstić information content (AvgIpc) is 2.29. The predicted octanol–water partition coefficient (Wildman–Crippen LogP) is 1.37. The second kappa shape index (κ2) is 4.69. The Morgan fingerprint density at radius 1 is 1.47 bits per heavy atom. The van der Waals surface area contributed by atoms with Crippen molar-refractivity contribution in [3.63, 3.8) is 0 Å². The molecule has 0 spiro atoms. The highest BCUT2D eigenvalue weighted by molar-refractivity contribution is 5.92. The van der Waals surface area contributed by atoms with Crippen molar-refractivity contribution in [3.8, 4) is 0 Å². The summed E-state index contributed by atoms with van der Waals surface area (Å²) in [6, 6.07) is 0. The summed E-state index contributed by atoms with van der Waals surface area (Å²) in [7, 11) is 0. The molecule has 3 N–H and O–H groups in total. The molecule has 1 aliphatic carbocycles. The van der Waals surface area contributed by atoms with Crippen molar-refractivity contribution >= 4 is 11.7 Å². The summed E-state index contributed by atoms with van der Waals surface area (Å²) in [6.07, 6.45) is 7.60. The third-order valence-electron chi connectivity index (χ3n) is 3.69. The van der Waals surface area contributed by atoms with E-state index in [4.69, 9.17) is 5.73 Å². The summed E-state index contributed by atoms with van der Waals surface area (Å²) in [5.41, 5.74) is 6.06. The first-order chi connectivity index (χ1) is 8.15. The summed E-state index contributed by atoms with van der Waals surface area (Å²) < 4.78 is 0. The molecule has 0 unspecified atom stereocenters. The molecule has 5 heteroatoms. The van der Waals surface area contributed by atoms with Gasteiger partial charge in [0.15, 0.2) is 0 Å². The standard InChI is InChI=1S/C12H18N4O/c1-2-12(4-3-5-12)8-16-11(17)9-6-15-10(13)7-14-9/h6-7H,2-5,8H2,1H3,(H2,13,15)(H,16,17). The third kappa shape index (κ3) is 2.54. The van der Waals surface area contributed by atoms with Gasteiger partial charge in [-0.05, 0) is 24.7 Å². The average molecular weight is 234 g/mol. The van der Waals surface area contributed by atoms with Crippen LogP contribution in [0.4, 0.5) is 5.82 Å². The maximum Gasteiger partial charge on any atom is 0.271 e. The zero-order valence-corrected chi connectivity index (χ0v) is 10.1. The zero-order chi connectivity index (χ0) is 12.3. The summed E-state index contributed by atoms with van der Waals surface area (Å²) in [6.45, 7) is 2.91. The highest BCUT2D eigenvalue weighted by atomic mass is 16.1. The monoisotopic (exact) mass is 234 g/mol. The Kier molecular flexibility index (Phi) is 3.26. The highest BCUT2D eigenvalue weighted by Gasteiger charge is 2.35. The first-order valence-corrected chi connectivity index (χ1v) is 6.01. The molecule has 1 amide bonds. The second-order valence-electron chi connectivity index (χ2n) is 4.72. The Morgan fingerprint density at radius 2 is 2.24 bits per heavy atom. The molecule has 2 rings (SSSR count). The van der Waals surface area contributed by atoms with Crippen molar-refractivity contribution < 1.29 is 4.79 Å². The Balaban J connectivity index is 1.91. The molecule has 0 saturated heterocycles. The molecular weight excluding hydrogens is 216 g/mol. The minimum absolute atomic E-state index is 0.169. The molecule has 0 aromatic carbocycles. The van der Waals surface area contributed by atoms with Crippen molar-refractivity contribution in [1.82, 2.24) is 15.3 Å². The van der Waals surface area contributed by atoms with E-state index >= 15 is 0 Å². The number of hydrogen-bond acceptors (Lipinski definition) is 4. The lowest BCUT2D eigenvalue weighted by atomic mass is 9.67. The van der Waals surface area contributed by atoms with Gasteiger partial charge in [-0.25, -0.2) is 9.97 Å². The van der Waals surface area contributed by atoms with E-state index in [1.807, 2.05) is 0 Å². The molecule has 17 heavy (non-hydrogen) atoms. The van der Waals surface area contributed by atoms with Crippen molar-refractivity contribution in [2.45, 2.75) is 32.6 Å². The summed E-state index contributed by atoms with van der Waals surface area (Å²) >= 11 is 0. The summed E-state index contributed by atoms with van der Waals surface area (Å²) in [5.74, 6) is 0.155. The lowest BCUT2D eigenvalue weighted by Crippen LogP contribution is -2.41. The maximum absolute atomic E-state index is 11.8. The number of aromatic nitrogens is 2. The normalized spacial score (nSPS) is 17.2. The van der Waals surface area contributed by atoms with Crippen LogP contribution in [0.5, 0.6) is 0 Å². The highest BCUT2D eigenvalue weighted by Crippen LogP contribution is 2.43. The van der Waals surface area contributed by atoms with Gasteiger partial charge in [0.2, 0.25) is 0 Å². The van der Waals surface area contributed by atoms with Crippen LogP contribution >= 0.6 is 0 Å². The molecule has 1 fully saturated rings. The van der Waals surface area contributed by atoms with Crippen molar-refractivity contribution in [2.75, 3.05) is 12.3 Å². The summed E-state index contributed by atoms with van der Waals surface area (Å²) in [4.78, 5) is 19.6. The maximum atomic E-state index is 11.8. The Morgan fingerprint density at radius 3 is 2.71 bits per heavy atom. The van der Waals surface area contributed by atoms with Crippen molar-refractivity contribution in [3.05, 3.63) is 18.1 Å². The van der Waals surface area contributed by atoms with Crippen LogP contribution in [-0.2, 0) is 0 Å². The predicted molar refractivity (Wildman–Crippen MR) is 65.4 cm³/mol. The van der Waals surface area contributed by atoms with Gasteiger partial charge < -0.3 is 11.1 Å². The molecule has 0 atom stereocenters. The fraction of sp³-hybridized carbons (Fsp3) is 0.583. The van der Waals surface area contributed by atoms with Gasteiger partial charge in [-0.15, -0.1) is 0 Å². The van der Waals surface area contributed by atoms with Crippen LogP contribution in [0, 0.1) is 5.41 Å². The molecular formula is C12H18N4O. The smallest absolute Gasteiger partial charge is 0.271 e. The fourth-order valence-corrected chi connectivity index (χ4v) is 2.15. The van der Waals surface area contributed by atoms with E-state index in [1.54, 1.807) is 0 Å². The molecule has 1 aliphatic rings. The molecule has 1 saturated carbocycles. The van der Waals surface area contributed by atoms with Gasteiger partial charge in [-0.3, -0.25) is 4.79 Å². The van der Waals surface area contributed by atoms with E-state index in [2.05, 4.69) is 22.2 Å². The van der Waals surface area contributed by atoms with Crippen LogP contribution < -0.4 is 11.1 Å². The molecule has 0 bridgehead atoms. The van der Waals surface area contributed by atoms with Gasteiger partial charge in [0.1, 0.15) is 11.5 Å². The van der Waals surface area contributed by atoms with Crippen LogP contribution in [0.1, 0.15) is 43.1 Å². The minimum atomic E-state index is -0.169. The van der Waals surface area contributed by atoms with E-state index < -0.39 is 0 Å². The molecule has 1 aromatic heterocycles. The number of anilines is 1. The zero-order valence-electron chi connectivity index (χ0n) is 10.1. The molecule has 92 valence electrons. The van der Waals surface area contributed by atoms with Gasteiger partial charge in [0, 0.05) is 6.54 Å². The molecule has 0 aliphatic heterocycles. The van der Waals surface area contributed by atoms with Crippen LogP contribution in [0.15, 0.2) is 12.4 Å². The Labute approximate surface area is 101 Å². The first kappa shape index (κ1) is 11.8. The fourth-order valence-electron chi connectivity index (χ4n) is 2.15. The van der Waals surface area contributed by atoms with E-state index in [1.165, 1.54) is 31.7 Å². The van der Waals surface area contributed by atoms with Crippen LogP contribution in [0.2, 0.25) is 0 Å². The number of nitrogens with one attached hydrogen (secondary N) is 1. The molecule has 0 radical (unpaired) electrons. The second-order valence-corrected chi connectivity index (χ2v) is 4.72. The van der Waals surface area contributed by atoms with E-state index in [9.17, 15) is 4.79 Å². The van der Waals surface area contributed by atoms with Crippen molar-refractivity contribution in [1.29, 1.82) is 0 Å². The number of amides is 1. The summed E-state index contributed by atoms with van der Waals surface area (Å²) in [5, 5.41) is 2.93. The van der Waals surface area contributed by atoms with Gasteiger partial charge in [-0.2, -0.15) is 0 Å². The molecule has 1 aromatic rings. The lowest BCUT2D eigenvalue weighted by Gasteiger charge is -2.41.